The molecule has 5 rings (SSSR count). The Morgan fingerprint density at radius 1 is 1.00 bits per heavy atom. The second-order valence-corrected chi connectivity index (χ2v) is 10.8. The normalized spacial score (nSPS) is 18.5. The lowest BCUT2D eigenvalue weighted by molar-refractivity contribution is 0.0933. The summed E-state index contributed by atoms with van der Waals surface area (Å²) in [5.41, 5.74) is 1.38. The molecule has 1 atom stereocenters. The zero-order chi connectivity index (χ0) is 21.8. The largest absolute Gasteiger partial charge is 0.345 e. The number of carbonyl (C=O) groups is 2. The van der Waals surface area contributed by atoms with Crippen LogP contribution in [0.4, 0.5) is 0 Å². The van der Waals surface area contributed by atoms with E-state index in [1.54, 1.807) is 23.9 Å². The van der Waals surface area contributed by atoms with Gasteiger partial charge in [-0.2, -0.15) is 0 Å². The van der Waals surface area contributed by atoms with Gasteiger partial charge in [-0.25, -0.2) is 8.42 Å². The highest BCUT2D eigenvalue weighted by Crippen LogP contribution is 2.38. The van der Waals surface area contributed by atoms with Crippen molar-refractivity contribution in [2.75, 3.05) is 5.75 Å². The molecule has 156 valence electrons. The van der Waals surface area contributed by atoms with Gasteiger partial charge in [0, 0.05) is 32.4 Å². The van der Waals surface area contributed by atoms with E-state index in [4.69, 9.17) is 11.6 Å². The Balaban J connectivity index is 1.50. The van der Waals surface area contributed by atoms with Crippen LogP contribution in [0.25, 0.3) is 0 Å². The maximum atomic E-state index is 13.1. The van der Waals surface area contributed by atoms with Gasteiger partial charge in [-0.05, 0) is 60.5 Å². The van der Waals surface area contributed by atoms with Crippen molar-refractivity contribution in [2.24, 2.45) is 0 Å². The first-order valence-electron chi connectivity index (χ1n) is 9.62. The van der Waals surface area contributed by atoms with Crippen molar-refractivity contribution in [1.82, 2.24) is 5.32 Å². The Bertz CT molecular complexity index is 1370. The summed E-state index contributed by atoms with van der Waals surface area (Å²) >= 11 is 7.85. The molecular weight excluding hydrogens is 454 g/mol. The molecule has 0 saturated carbocycles. The van der Waals surface area contributed by atoms with E-state index in [2.05, 4.69) is 5.32 Å². The first-order valence-corrected chi connectivity index (χ1v) is 12.5. The Labute approximate surface area is 188 Å². The third-order valence-corrected chi connectivity index (χ3v) is 8.73. The van der Waals surface area contributed by atoms with E-state index < -0.39 is 15.7 Å². The van der Waals surface area contributed by atoms with Gasteiger partial charge in [0.05, 0.1) is 15.8 Å². The number of hydrogen-bond acceptors (Lipinski definition) is 5. The molecule has 1 amide bonds. The van der Waals surface area contributed by atoms with Crippen LogP contribution in [0.3, 0.4) is 0 Å². The van der Waals surface area contributed by atoms with Gasteiger partial charge in [0.15, 0.2) is 5.78 Å². The van der Waals surface area contributed by atoms with Crippen LogP contribution in [0.5, 0.6) is 0 Å². The Morgan fingerprint density at radius 2 is 1.77 bits per heavy atom. The minimum atomic E-state index is -3.90. The predicted octanol–water partition coefficient (Wildman–Crippen LogP) is 4.68. The van der Waals surface area contributed by atoms with Gasteiger partial charge in [-0.15, -0.1) is 11.8 Å². The number of thioether (sulfide) groups is 1. The molecule has 3 aromatic carbocycles. The number of sulfone groups is 1. The fraction of sp³-hybridized carbons (Fsp3) is 0.130. The van der Waals surface area contributed by atoms with Crippen LogP contribution in [0, 0.1) is 0 Å². The smallest absolute Gasteiger partial charge is 0.251 e. The summed E-state index contributed by atoms with van der Waals surface area (Å²) in [4.78, 5) is 26.7. The van der Waals surface area contributed by atoms with E-state index in [0.29, 0.717) is 5.02 Å². The van der Waals surface area contributed by atoms with Crippen LogP contribution in [-0.4, -0.2) is 25.9 Å². The van der Waals surface area contributed by atoms with Crippen LogP contribution < -0.4 is 5.32 Å². The number of halogens is 1. The van der Waals surface area contributed by atoms with Gasteiger partial charge in [-0.1, -0.05) is 23.7 Å². The van der Waals surface area contributed by atoms with Crippen molar-refractivity contribution in [3.05, 3.63) is 87.9 Å². The van der Waals surface area contributed by atoms with E-state index in [0.717, 1.165) is 22.6 Å². The van der Waals surface area contributed by atoms with Gasteiger partial charge in [0.25, 0.3) is 5.91 Å². The molecule has 0 aliphatic carbocycles. The van der Waals surface area contributed by atoms with Crippen molar-refractivity contribution in [1.29, 1.82) is 0 Å². The van der Waals surface area contributed by atoms with Gasteiger partial charge in [0.2, 0.25) is 9.84 Å². The highest BCUT2D eigenvalue weighted by molar-refractivity contribution is 7.99. The first kappa shape index (κ1) is 20.3. The van der Waals surface area contributed by atoms with Crippen LogP contribution in [0.2, 0.25) is 5.02 Å². The third-order valence-electron chi connectivity index (χ3n) is 5.52. The van der Waals surface area contributed by atoms with Crippen molar-refractivity contribution >= 4 is 44.9 Å². The predicted molar refractivity (Wildman–Crippen MR) is 119 cm³/mol. The molecule has 0 fully saturated rings. The fourth-order valence-corrected chi connectivity index (χ4v) is 6.95. The summed E-state index contributed by atoms with van der Waals surface area (Å²) in [5, 5.41) is 3.59. The average Bonchev–Trinajstić information content (AvgIpc) is 2.78. The quantitative estimate of drug-likeness (QED) is 0.461. The summed E-state index contributed by atoms with van der Waals surface area (Å²) in [7, 11) is -3.90. The summed E-state index contributed by atoms with van der Waals surface area (Å²) < 4.78 is 26.2. The maximum Gasteiger partial charge on any atom is 0.251 e. The number of fused-ring (bicyclic) bond motifs is 3. The molecule has 0 saturated heterocycles. The Morgan fingerprint density at radius 3 is 2.61 bits per heavy atom. The number of nitrogens with one attached hydrogen (secondary N) is 1. The zero-order valence-electron chi connectivity index (χ0n) is 16.1. The van der Waals surface area contributed by atoms with E-state index in [1.165, 1.54) is 30.3 Å². The molecule has 1 N–H and O–H groups in total. The molecule has 0 bridgehead atoms. The number of benzene rings is 3. The second-order valence-electron chi connectivity index (χ2n) is 7.38. The minimum absolute atomic E-state index is 0.0297. The molecule has 8 heteroatoms. The van der Waals surface area contributed by atoms with Crippen molar-refractivity contribution in [2.45, 2.75) is 27.1 Å². The molecule has 0 spiro atoms. The SMILES string of the molecule is O=C(NC1CCSc2ccc(Cl)cc21)c1ccc2c(c1)S(=O)(=O)c1ccccc1C2=O. The van der Waals surface area contributed by atoms with Gasteiger partial charge in [0.1, 0.15) is 0 Å². The van der Waals surface area contributed by atoms with Crippen LogP contribution >= 0.6 is 23.4 Å². The standard InChI is InChI=1S/C23H16ClNO4S2/c24-14-6-8-19-17(12-14)18(9-10-30-19)25-23(27)13-5-7-16-21(11-13)31(28,29)20-4-2-1-3-15(20)22(16)26/h1-8,11-12,18H,9-10H2,(H,25,27). The van der Waals surface area contributed by atoms with Crippen LogP contribution in [0.1, 0.15) is 44.3 Å². The number of amides is 1. The summed E-state index contributed by atoms with van der Waals surface area (Å²) in [5.74, 6) is 0.0936. The zero-order valence-corrected chi connectivity index (χ0v) is 18.5. The summed E-state index contributed by atoms with van der Waals surface area (Å²) in [6.07, 6.45) is 0.735. The highest BCUT2D eigenvalue weighted by Gasteiger charge is 2.35. The van der Waals surface area contributed by atoms with Crippen LogP contribution in [-0.2, 0) is 9.84 Å². The summed E-state index contributed by atoms with van der Waals surface area (Å²) in [6.45, 7) is 0. The third kappa shape index (κ3) is 3.37. The highest BCUT2D eigenvalue weighted by atomic mass is 35.5. The molecule has 2 heterocycles. The molecule has 31 heavy (non-hydrogen) atoms. The fourth-order valence-electron chi connectivity index (χ4n) is 3.98. The monoisotopic (exact) mass is 469 g/mol. The van der Waals surface area contributed by atoms with E-state index >= 15 is 0 Å². The van der Waals surface area contributed by atoms with Crippen molar-refractivity contribution in [3.63, 3.8) is 0 Å². The second kappa shape index (κ2) is 7.51. The maximum absolute atomic E-state index is 13.1. The average molecular weight is 470 g/mol. The van der Waals surface area contributed by atoms with Gasteiger partial charge in [-0.3, -0.25) is 9.59 Å². The van der Waals surface area contributed by atoms with Crippen molar-refractivity contribution < 1.29 is 18.0 Å². The minimum Gasteiger partial charge on any atom is -0.345 e. The number of rotatable bonds is 2. The lowest BCUT2D eigenvalue weighted by Gasteiger charge is -2.26. The van der Waals surface area contributed by atoms with Crippen LogP contribution in [0.15, 0.2) is 75.4 Å². The van der Waals surface area contributed by atoms with E-state index in [1.807, 2.05) is 18.2 Å². The Kier molecular flexibility index (Phi) is 4.92. The lowest BCUT2D eigenvalue weighted by Crippen LogP contribution is -2.31. The van der Waals surface area contributed by atoms with Gasteiger partial charge >= 0.3 is 0 Å². The number of ketones is 1. The molecule has 3 aromatic rings. The van der Waals surface area contributed by atoms with Gasteiger partial charge < -0.3 is 5.32 Å². The Hall–Kier alpha value is -2.61. The molecular formula is C23H16ClNO4S2. The topological polar surface area (TPSA) is 80.3 Å². The molecule has 5 nitrogen and oxygen atoms in total. The first-order chi connectivity index (χ1) is 14.9. The van der Waals surface area contributed by atoms with E-state index in [-0.39, 0.29) is 38.3 Å². The molecule has 0 radical (unpaired) electrons. The lowest BCUT2D eigenvalue weighted by atomic mass is 10.00. The number of hydrogen-bond donors (Lipinski definition) is 1. The molecule has 2 aliphatic rings. The number of carbonyl (C=O) groups excluding carboxylic acids is 2. The van der Waals surface area contributed by atoms with Crippen molar-refractivity contribution in [3.8, 4) is 0 Å². The molecule has 1 unspecified atom stereocenters. The molecule has 2 aliphatic heterocycles. The molecule has 0 aromatic heterocycles. The van der Waals surface area contributed by atoms with E-state index in [9.17, 15) is 18.0 Å². The summed E-state index contributed by atoms with van der Waals surface area (Å²) in [6, 6.07) is 15.7.